The topological polar surface area (TPSA) is 72.4 Å². The third-order valence-corrected chi connectivity index (χ3v) is 5.92. The molecule has 0 unspecified atom stereocenters. The maximum Gasteiger partial charge on any atom is 0.173 e. The van der Waals surface area contributed by atoms with Crippen LogP contribution in [0.5, 0.6) is 5.75 Å². The van der Waals surface area contributed by atoms with Crippen LogP contribution in [0.25, 0.3) is 0 Å². The van der Waals surface area contributed by atoms with Gasteiger partial charge in [-0.05, 0) is 40.8 Å². The molecule has 32 heavy (non-hydrogen) atoms. The Labute approximate surface area is 187 Å². The van der Waals surface area contributed by atoms with Gasteiger partial charge < -0.3 is 14.1 Å². The molecule has 0 saturated carbocycles. The first-order valence-corrected chi connectivity index (χ1v) is 10.8. The van der Waals surface area contributed by atoms with Gasteiger partial charge in [0.1, 0.15) is 24.1 Å². The molecule has 8 nitrogen and oxygen atoms in total. The van der Waals surface area contributed by atoms with Crippen LogP contribution in [0, 0.1) is 0 Å². The molecule has 0 bridgehead atoms. The van der Waals surface area contributed by atoms with E-state index in [1.165, 1.54) is 5.69 Å². The molecule has 1 atom stereocenters. The van der Waals surface area contributed by atoms with Crippen molar-refractivity contribution in [2.45, 2.75) is 12.6 Å². The van der Waals surface area contributed by atoms with Crippen molar-refractivity contribution in [1.29, 1.82) is 0 Å². The number of ether oxygens (including phenoxy) is 1. The zero-order valence-electron chi connectivity index (χ0n) is 18.0. The molecule has 1 aliphatic rings. The molecule has 2 aromatic carbocycles. The van der Waals surface area contributed by atoms with Crippen molar-refractivity contribution in [1.82, 2.24) is 25.1 Å². The number of tetrazole rings is 1. The van der Waals surface area contributed by atoms with Crippen LogP contribution >= 0.6 is 0 Å². The smallest absolute Gasteiger partial charge is 0.173 e. The summed E-state index contributed by atoms with van der Waals surface area (Å²) >= 11 is 0. The van der Waals surface area contributed by atoms with Gasteiger partial charge in [0.2, 0.25) is 0 Å². The van der Waals surface area contributed by atoms with E-state index >= 15 is 0 Å². The fraction of sp³-hybridized carbons (Fsp3) is 0.292. The highest BCUT2D eigenvalue weighted by atomic mass is 16.5. The second-order valence-corrected chi connectivity index (χ2v) is 7.78. The van der Waals surface area contributed by atoms with Crippen LogP contribution < -0.4 is 9.64 Å². The number of hydrogen-bond acceptors (Lipinski definition) is 7. The lowest BCUT2D eigenvalue weighted by Crippen LogP contribution is -2.48. The number of methoxy groups -OCH3 is 1. The molecule has 0 N–H and O–H groups in total. The Kier molecular flexibility index (Phi) is 5.85. The summed E-state index contributed by atoms with van der Waals surface area (Å²) in [5.74, 6) is 2.42. The molecular formula is C24H26N6O2. The van der Waals surface area contributed by atoms with E-state index in [9.17, 15) is 0 Å². The third-order valence-electron chi connectivity index (χ3n) is 5.92. The Morgan fingerprint density at radius 1 is 0.938 bits per heavy atom. The summed E-state index contributed by atoms with van der Waals surface area (Å²) in [7, 11) is 1.70. The van der Waals surface area contributed by atoms with Gasteiger partial charge in [-0.15, -0.1) is 5.10 Å². The van der Waals surface area contributed by atoms with Crippen molar-refractivity contribution in [3.8, 4) is 5.75 Å². The molecule has 2 aromatic heterocycles. The fourth-order valence-electron chi connectivity index (χ4n) is 4.34. The maximum absolute atomic E-state index is 5.72. The zero-order chi connectivity index (χ0) is 21.8. The van der Waals surface area contributed by atoms with Gasteiger partial charge in [-0.25, -0.2) is 4.68 Å². The van der Waals surface area contributed by atoms with Crippen molar-refractivity contribution in [3.63, 3.8) is 0 Å². The average molecular weight is 431 g/mol. The van der Waals surface area contributed by atoms with E-state index in [1.54, 1.807) is 13.4 Å². The molecule has 3 heterocycles. The lowest BCUT2D eigenvalue weighted by molar-refractivity contribution is 0.197. The molecule has 0 spiro atoms. The summed E-state index contributed by atoms with van der Waals surface area (Å²) in [5.41, 5.74) is 2.31. The number of rotatable bonds is 7. The van der Waals surface area contributed by atoms with Crippen LogP contribution in [0.4, 0.5) is 5.69 Å². The molecule has 164 valence electrons. The molecular weight excluding hydrogens is 404 g/mol. The summed E-state index contributed by atoms with van der Waals surface area (Å²) < 4.78 is 13.1. The Balaban J connectivity index is 1.46. The number of piperazine rings is 1. The van der Waals surface area contributed by atoms with E-state index in [-0.39, 0.29) is 6.04 Å². The first-order chi connectivity index (χ1) is 15.8. The third kappa shape index (κ3) is 4.09. The van der Waals surface area contributed by atoms with Crippen molar-refractivity contribution in [2.24, 2.45) is 0 Å². The summed E-state index contributed by atoms with van der Waals surface area (Å²) in [6, 6.07) is 22.3. The van der Waals surface area contributed by atoms with E-state index in [2.05, 4.69) is 61.7 Å². The van der Waals surface area contributed by atoms with Gasteiger partial charge in [0, 0.05) is 37.4 Å². The van der Waals surface area contributed by atoms with Gasteiger partial charge in [0.25, 0.3) is 0 Å². The molecule has 5 rings (SSSR count). The Morgan fingerprint density at radius 2 is 1.72 bits per heavy atom. The minimum absolute atomic E-state index is 0.131. The summed E-state index contributed by atoms with van der Waals surface area (Å²) in [4.78, 5) is 4.85. The van der Waals surface area contributed by atoms with Crippen LogP contribution in [-0.4, -0.2) is 58.4 Å². The molecule has 4 aromatic rings. The first-order valence-electron chi connectivity index (χ1n) is 10.8. The Hall–Kier alpha value is -3.65. The van der Waals surface area contributed by atoms with Gasteiger partial charge in [-0.3, -0.25) is 4.90 Å². The quantitative estimate of drug-likeness (QED) is 0.446. The highest BCUT2D eigenvalue weighted by Gasteiger charge is 2.32. The van der Waals surface area contributed by atoms with E-state index in [0.717, 1.165) is 49.1 Å². The number of anilines is 1. The lowest BCUT2D eigenvalue weighted by Gasteiger charge is -2.40. The number of furan rings is 1. The van der Waals surface area contributed by atoms with Crippen molar-refractivity contribution < 1.29 is 9.15 Å². The highest BCUT2D eigenvalue weighted by molar-refractivity contribution is 5.46. The van der Waals surface area contributed by atoms with Crippen molar-refractivity contribution in [2.75, 3.05) is 38.2 Å². The predicted molar refractivity (Wildman–Crippen MR) is 121 cm³/mol. The number of benzene rings is 2. The van der Waals surface area contributed by atoms with E-state index in [0.29, 0.717) is 6.54 Å². The van der Waals surface area contributed by atoms with Crippen LogP contribution in [-0.2, 0) is 6.54 Å². The minimum atomic E-state index is -0.131. The van der Waals surface area contributed by atoms with Crippen LogP contribution in [0.15, 0.2) is 77.4 Å². The van der Waals surface area contributed by atoms with E-state index in [1.807, 2.05) is 35.0 Å². The second-order valence-electron chi connectivity index (χ2n) is 7.78. The second kappa shape index (κ2) is 9.23. The van der Waals surface area contributed by atoms with Crippen LogP contribution in [0.3, 0.4) is 0 Å². The SMILES string of the molecule is COc1ccccc1[C@@H](c1nnnn1Cc1ccco1)N1CCN(c2ccccc2)CC1. The Bertz CT molecular complexity index is 1120. The number of hydrogen-bond donors (Lipinski definition) is 0. The molecule has 8 heteroatoms. The molecule has 1 aliphatic heterocycles. The maximum atomic E-state index is 5.72. The summed E-state index contributed by atoms with van der Waals surface area (Å²) in [6.45, 7) is 4.09. The first kappa shape index (κ1) is 20.3. The summed E-state index contributed by atoms with van der Waals surface area (Å²) in [6.07, 6.45) is 1.67. The van der Waals surface area contributed by atoms with E-state index in [4.69, 9.17) is 9.15 Å². The normalized spacial score (nSPS) is 15.6. The number of nitrogens with zero attached hydrogens (tertiary/aromatic N) is 6. The predicted octanol–water partition coefficient (Wildman–Crippen LogP) is 3.23. The number of aromatic nitrogens is 4. The van der Waals surface area contributed by atoms with Gasteiger partial charge in [-0.2, -0.15) is 0 Å². The van der Waals surface area contributed by atoms with Crippen LogP contribution in [0.2, 0.25) is 0 Å². The van der Waals surface area contributed by atoms with Gasteiger partial charge >= 0.3 is 0 Å². The number of para-hydroxylation sites is 2. The molecule has 0 aliphatic carbocycles. The van der Waals surface area contributed by atoms with Crippen molar-refractivity contribution in [3.05, 3.63) is 90.1 Å². The van der Waals surface area contributed by atoms with E-state index < -0.39 is 0 Å². The van der Waals surface area contributed by atoms with Crippen LogP contribution in [0.1, 0.15) is 23.2 Å². The van der Waals surface area contributed by atoms with Gasteiger partial charge in [0.05, 0.1) is 13.4 Å². The monoisotopic (exact) mass is 430 g/mol. The molecule has 0 radical (unpaired) electrons. The largest absolute Gasteiger partial charge is 0.496 e. The lowest BCUT2D eigenvalue weighted by atomic mass is 10.0. The molecule has 0 amide bonds. The highest BCUT2D eigenvalue weighted by Crippen LogP contribution is 2.34. The van der Waals surface area contributed by atoms with Gasteiger partial charge in [-0.1, -0.05) is 36.4 Å². The fourth-order valence-corrected chi connectivity index (χ4v) is 4.34. The standard InChI is InChI=1S/C24H26N6O2/c1-31-22-12-6-5-11-21(22)23(24-25-26-27-30(24)18-20-10-7-17-32-20)29-15-13-28(14-16-29)19-8-3-2-4-9-19/h2-12,17,23H,13-16,18H2,1H3/t23-/m0/s1. The van der Waals surface area contributed by atoms with Gasteiger partial charge in [0.15, 0.2) is 5.82 Å². The van der Waals surface area contributed by atoms with Crippen molar-refractivity contribution >= 4 is 5.69 Å². The summed E-state index contributed by atoms with van der Waals surface area (Å²) in [5, 5.41) is 12.7. The Morgan fingerprint density at radius 3 is 2.47 bits per heavy atom. The minimum Gasteiger partial charge on any atom is -0.496 e. The average Bonchev–Trinajstić information content (AvgIpc) is 3.54. The molecule has 1 fully saturated rings. The molecule has 1 saturated heterocycles. The zero-order valence-corrected chi connectivity index (χ0v) is 18.0.